The zero-order valence-electron chi connectivity index (χ0n) is 15.1. The maximum atomic E-state index is 12.4. The Morgan fingerprint density at radius 3 is 2.84 bits per heavy atom. The summed E-state index contributed by atoms with van der Waals surface area (Å²) in [6.45, 7) is 7.48. The second-order valence-corrected chi connectivity index (χ2v) is 5.93. The van der Waals surface area contributed by atoms with Crippen LogP contribution in [0.25, 0.3) is 0 Å². The van der Waals surface area contributed by atoms with Gasteiger partial charge in [0.25, 0.3) is 5.91 Å². The lowest BCUT2D eigenvalue weighted by Gasteiger charge is -2.20. The third-order valence-electron chi connectivity index (χ3n) is 4.15. The number of amides is 2. The predicted octanol–water partition coefficient (Wildman–Crippen LogP) is 0.959. The number of hydrogen-bond donors (Lipinski definition) is 2. The number of aromatic nitrogens is 1. The Bertz CT molecular complexity index is 659. The Kier molecular flexibility index (Phi) is 7.02. The van der Waals surface area contributed by atoms with Gasteiger partial charge in [0.05, 0.1) is 12.6 Å². The molecule has 2 N–H and O–H groups in total. The van der Waals surface area contributed by atoms with Gasteiger partial charge >= 0.3 is 0 Å². The van der Waals surface area contributed by atoms with Crippen molar-refractivity contribution < 1.29 is 14.0 Å². The van der Waals surface area contributed by atoms with E-state index in [-0.39, 0.29) is 23.9 Å². The van der Waals surface area contributed by atoms with Gasteiger partial charge < -0.3 is 15.1 Å². The average Bonchev–Trinajstić information content (AvgIpc) is 3.22. The van der Waals surface area contributed by atoms with E-state index < -0.39 is 0 Å². The van der Waals surface area contributed by atoms with Crippen LogP contribution in [0.4, 0.5) is 0 Å². The Morgan fingerprint density at radius 1 is 1.36 bits per heavy atom. The molecule has 0 radical (unpaired) electrons. The average molecular weight is 346 g/mol. The summed E-state index contributed by atoms with van der Waals surface area (Å²) in [6.07, 6.45) is 3.23. The van der Waals surface area contributed by atoms with Crippen molar-refractivity contribution in [3.05, 3.63) is 17.8 Å². The van der Waals surface area contributed by atoms with Crippen molar-refractivity contribution in [2.45, 2.75) is 52.1 Å². The molecule has 136 valence electrons. The molecular formula is C18H26N4O3. The smallest absolute Gasteiger partial charge is 0.273 e. The molecule has 0 bridgehead atoms. The lowest BCUT2D eigenvalue weighted by molar-refractivity contribution is -0.125. The molecule has 0 saturated carbocycles. The fourth-order valence-electron chi connectivity index (χ4n) is 2.99. The van der Waals surface area contributed by atoms with Gasteiger partial charge in [-0.25, -0.2) is 4.98 Å². The van der Waals surface area contributed by atoms with E-state index >= 15 is 0 Å². The van der Waals surface area contributed by atoms with E-state index in [0.717, 1.165) is 6.42 Å². The van der Waals surface area contributed by atoms with Gasteiger partial charge in [-0.3, -0.25) is 14.5 Å². The minimum atomic E-state index is -0.278. The molecule has 0 aromatic carbocycles. The van der Waals surface area contributed by atoms with E-state index in [2.05, 4.69) is 27.5 Å². The zero-order valence-corrected chi connectivity index (χ0v) is 15.1. The van der Waals surface area contributed by atoms with Gasteiger partial charge in [0.1, 0.15) is 5.76 Å². The highest BCUT2D eigenvalue weighted by molar-refractivity contribution is 5.93. The lowest BCUT2D eigenvalue weighted by Crippen LogP contribution is -2.43. The summed E-state index contributed by atoms with van der Waals surface area (Å²) >= 11 is 0. The molecule has 7 heteroatoms. The first-order valence-corrected chi connectivity index (χ1v) is 8.81. The molecule has 0 spiro atoms. The summed E-state index contributed by atoms with van der Waals surface area (Å²) in [5.41, 5.74) is 0.321. The van der Waals surface area contributed by atoms with Crippen LogP contribution in [0.5, 0.6) is 0 Å². The fraction of sp³-hybridized carbons (Fsp3) is 0.611. The first-order chi connectivity index (χ1) is 12.1. The largest absolute Gasteiger partial charge is 0.448 e. The van der Waals surface area contributed by atoms with Gasteiger partial charge in [-0.2, -0.15) is 0 Å². The summed E-state index contributed by atoms with van der Waals surface area (Å²) in [5.74, 6) is 6.40. The molecule has 1 saturated heterocycles. The van der Waals surface area contributed by atoms with Crippen molar-refractivity contribution in [1.29, 1.82) is 0 Å². The van der Waals surface area contributed by atoms with Gasteiger partial charge in [-0.15, -0.1) is 5.92 Å². The highest BCUT2D eigenvalue weighted by Gasteiger charge is 2.37. The molecule has 2 rings (SSSR count). The number of rotatable bonds is 6. The highest BCUT2D eigenvalue weighted by Crippen LogP contribution is 2.19. The quantitative estimate of drug-likeness (QED) is 0.749. The third kappa shape index (κ3) is 4.83. The number of nitrogens with zero attached hydrogens (tertiary/aromatic N) is 2. The van der Waals surface area contributed by atoms with Gasteiger partial charge in [0.15, 0.2) is 12.1 Å². The Hall–Kier alpha value is -2.33. The van der Waals surface area contributed by atoms with E-state index in [0.29, 0.717) is 43.9 Å². The number of oxazole rings is 1. The first-order valence-electron chi connectivity index (χ1n) is 8.81. The molecule has 7 nitrogen and oxygen atoms in total. The number of carbonyl (C=O) groups excluding carboxylic acids is 2. The molecule has 25 heavy (non-hydrogen) atoms. The Balaban J connectivity index is 2.04. The lowest BCUT2D eigenvalue weighted by atomic mass is 10.1. The summed E-state index contributed by atoms with van der Waals surface area (Å²) in [7, 11) is 0. The van der Waals surface area contributed by atoms with Crippen LogP contribution in [0.15, 0.2) is 10.8 Å². The van der Waals surface area contributed by atoms with Gasteiger partial charge in [0.2, 0.25) is 5.91 Å². The van der Waals surface area contributed by atoms with Crippen molar-refractivity contribution in [2.24, 2.45) is 0 Å². The number of hydrogen-bond acceptors (Lipinski definition) is 5. The van der Waals surface area contributed by atoms with Gasteiger partial charge in [-0.1, -0.05) is 19.8 Å². The van der Waals surface area contributed by atoms with Crippen LogP contribution >= 0.6 is 0 Å². The van der Waals surface area contributed by atoms with Crippen LogP contribution in [0, 0.1) is 11.8 Å². The van der Waals surface area contributed by atoms with Crippen molar-refractivity contribution >= 4 is 11.8 Å². The standard InChI is InChI=1S/C18H26N4O3/c1-4-7-8-9-22-11-13(10-14(22)17(23)19-6-3)21-18(24)16-15(5-2)25-12-20-16/h12-14H,4-6,9-11H2,1-3H3,(H,19,23)(H,21,24)/t13-,14-/m0/s1. The molecule has 1 aliphatic rings. The summed E-state index contributed by atoms with van der Waals surface area (Å²) in [5, 5.41) is 5.83. The molecule has 2 heterocycles. The molecule has 2 amide bonds. The molecule has 2 atom stereocenters. The molecule has 0 aliphatic carbocycles. The maximum Gasteiger partial charge on any atom is 0.273 e. The summed E-state index contributed by atoms with van der Waals surface area (Å²) in [4.78, 5) is 30.8. The first kappa shape index (κ1) is 19.0. The molecule has 0 unspecified atom stereocenters. The van der Waals surface area contributed by atoms with E-state index in [1.807, 2.05) is 25.7 Å². The number of carbonyl (C=O) groups is 2. The topological polar surface area (TPSA) is 87.5 Å². The van der Waals surface area contributed by atoms with Crippen LogP contribution in [-0.4, -0.2) is 53.4 Å². The molecule has 1 aromatic rings. The predicted molar refractivity (Wildman–Crippen MR) is 93.9 cm³/mol. The van der Waals surface area contributed by atoms with Gasteiger partial charge in [0, 0.05) is 32.0 Å². The van der Waals surface area contributed by atoms with Crippen molar-refractivity contribution in [1.82, 2.24) is 20.5 Å². The Morgan fingerprint density at radius 2 is 2.16 bits per heavy atom. The fourth-order valence-corrected chi connectivity index (χ4v) is 2.99. The Labute approximate surface area is 148 Å². The van der Waals surface area contributed by atoms with E-state index in [4.69, 9.17) is 4.42 Å². The minimum Gasteiger partial charge on any atom is -0.448 e. The molecule has 1 fully saturated rings. The summed E-state index contributed by atoms with van der Waals surface area (Å²) < 4.78 is 5.21. The van der Waals surface area contributed by atoms with E-state index in [1.54, 1.807) is 0 Å². The number of aryl methyl sites for hydroxylation is 1. The van der Waals surface area contributed by atoms with Crippen molar-refractivity contribution in [2.75, 3.05) is 19.6 Å². The maximum absolute atomic E-state index is 12.4. The van der Waals surface area contributed by atoms with Crippen LogP contribution < -0.4 is 10.6 Å². The molecule has 1 aliphatic heterocycles. The van der Waals surface area contributed by atoms with Crippen LogP contribution in [0.1, 0.15) is 49.9 Å². The van der Waals surface area contributed by atoms with Crippen LogP contribution in [-0.2, 0) is 11.2 Å². The third-order valence-corrected chi connectivity index (χ3v) is 4.15. The van der Waals surface area contributed by atoms with Crippen LogP contribution in [0.3, 0.4) is 0 Å². The van der Waals surface area contributed by atoms with Crippen molar-refractivity contribution in [3.8, 4) is 11.8 Å². The highest BCUT2D eigenvalue weighted by atomic mass is 16.3. The summed E-state index contributed by atoms with van der Waals surface area (Å²) in [6, 6.07) is -0.399. The molecular weight excluding hydrogens is 320 g/mol. The second kappa shape index (κ2) is 9.23. The monoisotopic (exact) mass is 346 g/mol. The zero-order chi connectivity index (χ0) is 18.2. The van der Waals surface area contributed by atoms with Gasteiger partial charge in [-0.05, 0) is 13.3 Å². The SMILES string of the molecule is CCC#CCN1C[C@@H](NC(=O)c2ncoc2CC)C[C@H]1C(=O)NCC. The number of nitrogens with one attached hydrogen (secondary N) is 2. The minimum absolute atomic E-state index is 0.0202. The molecule has 1 aromatic heterocycles. The van der Waals surface area contributed by atoms with E-state index in [9.17, 15) is 9.59 Å². The second-order valence-electron chi connectivity index (χ2n) is 5.93. The number of likely N-dealkylation sites (tertiary alicyclic amines) is 1. The van der Waals surface area contributed by atoms with E-state index in [1.165, 1.54) is 6.39 Å². The normalized spacial score (nSPS) is 20.0. The van der Waals surface area contributed by atoms with Crippen LogP contribution in [0.2, 0.25) is 0 Å². The number of likely N-dealkylation sites (N-methyl/N-ethyl adjacent to an activating group) is 1. The van der Waals surface area contributed by atoms with Crippen molar-refractivity contribution in [3.63, 3.8) is 0 Å².